The van der Waals surface area contributed by atoms with Gasteiger partial charge in [0, 0.05) is 5.56 Å². The average Bonchev–Trinajstić information content (AvgIpc) is 2.68. The van der Waals surface area contributed by atoms with E-state index in [0.29, 0.717) is 34.8 Å². The van der Waals surface area contributed by atoms with Gasteiger partial charge in [0.25, 0.3) is 5.91 Å². The smallest absolute Gasteiger partial charge is 0.271 e. The first-order valence-corrected chi connectivity index (χ1v) is 8.61. The van der Waals surface area contributed by atoms with E-state index in [9.17, 15) is 9.59 Å². The predicted molar refractivity (Wildman–Crippen MR) is 104 cm³/mol. The Morgan fingerprint density at radius 1 is 1.19 bits per heavy atom. The van der Waals surface area contributed by atoms with Crippen molar-refractivity contribution in [3.05, 3.63) is 76.1 Å². The number of carbonyl (C=O) groups excluding carboxylic acids is 1. The fraction of sp³-hybridized carbons (Fsp3) is 0.190. The molecular weight excluding hydrogens is 344 g/mol. The first kappa shape index (κ1) is 18.4. The lowest BCUT2D eigenvalue weighted by Crippen LogP contribution is -2.18. The molecular formula is C21H20N2O4. The molecule has 0 aliphatic rings. The first-order valence-electron chi connectivity index (χ1n) is 8.61. The van der Waals surface area contributed by atoms with E-state index in [1.54, 1.807) is 48.5 Å². The Bertz CT molecular complexity index is 1020. The molecule has 0 aliphatic heterocycles. The van der Waals surface area contributed by atoms with E-state index in [1.165, 1.54) is 12.5 Å². The zero-order valence-electron chi connectivity index (χ0n) is 15.1. The van der Waals surface area contributed by atoms with Gasteiger partial charge >= 0.3 is 0 Å². The number of hydrogen-bond acceptors (Lipinski definition) is 5. The van der Waals surface area contributed by atoms with Crippen LogP contribution in [0.25, 0.3) is 11.0 Å². The van der Waals surface area contributed by atoms with Gasteiger partial charge in [-0.3, -0.25) is 9.59 Å². The highest BCUT2D eigenvalue weighted by molar-refractivity contribution is 5.95. The molecule has 0 atom stereocenters. The largest absolute Gasteiger partial charge is 0.493 e. The standard InChI is InChI=1S/C21H20N2O4/c1-14(2)12-26-17-9-7-15(8-10-17)21(25)23-22-11-16-13-27-19-6-4-3-5-18(19)20(16)24/h3-11,13-14H,12H2,1-2H3,(H,23,25)/b22-11-. The minimum absolute atomic E-state index is 0.207. The maximum atomic E-state index is 12.3. The number of para-hydroxylation sites is 1. The van der Waals surface area contributed by atoms with E-state index in [-0.39, 0.29) is 16.9 Å². The Balaban J connectivity index is 1.65. The second-order valence-electron chi connectivity index (χ2n) is 6.44. The van der Waals surface area contributed by atoms with Gasteiger partial charge in [0.2, 0.25) is 5.43 Å². The summed E-state index contributed by atoms with van der Waals surface area (Å²) >= 11 is 0. The van der Waals surface area contributed by atoms with Crippen molar-refractivity contribution in [1.82, 2.24) is 5.43 Å². The normalized spacial score (nSPS) is 11.2. The van der Waals surface area contributed by atoms with E-state index in [0.717, 1.165) is 0 Å². The summed E-state index contributed by atoms with van der Waals surface area (Å²) in [6.07, 6.45) is 2.59. The second kappa shape index (κ2) is 8.31. The van der Waals surface area contributed by atoms with Crippen LogP contribution in [0.1, 0.15) is 29.8 Å². The molecule has 2 aromatic carbocycles. The van der Waals surface area contributed by atoms with Gasteiger partial charge in [-0.15, -0.1) is 0 Å². The monoisotopic (exact) mass is 364 g/mol. The molecule has 3 aromatic rings. The molecule has 0 aliphatic carbocycles. The van der Waals surface area contributed by atoms with Crippen molar-refractivity contribution < 1.29 is 13.9 Å². The van der Waals surface area contributed by atoms with Crippen LogP contribution in [0.15, 0.2) is 69.1 Å². The Morgan fingerprint density at radius 3 is 2.67 bits per heavy atom. The fourth-order valence-electron chi connectivity index (χ4n) is 2.37. The molecule has 0 saturated carbocycles. The Hall–Kier alpha value is -3.41. The third-order valence-electron chi connectivity index (χ3n) is 3.78. The van der Waals surface area contributed by atoms with Crippen molar-refractivity contribution in [2.24, 2.45) is 11.0 Å². The average molecular weight is 364 g/mol. The zero-order valence-corrected chi connectivity index (χ0v) is 15.1. The lowest BCUT2D eigenvalue weighted by atomic mass is 10.2. The molecule has 0 saturated heterocycles. The van der Waals surface area contributed by atoms with Crippen molar-refractivity contribution in [3.63, 3.8) is 0 Å². The molecule has 6 heteroatoms. The number of nitrogens with zero attached hydrogens (tertiary/aromatic N) is 1. The quantitative estimate of drug-likeness (QED) is 0.535. The number of nitrogens with one attached hydrogen (secondary N) is 1. The number of carbonyl (C=O) groups is 1. The van der Waals surface area contributed by atoms with Crippen molar-refractivity contribution in [2.75, 3.05) is 6.61 Å². The molecule has 138 valence electrons. The Kier molecular flexibility index (Phi) is 5.66. The van der Waals surface area contributed by atoms with Crippen LogP contribution in [0.4, 0.5) is 0 Å². The third-order valence-corrected chi connectivity index (χ3v) is 3.78. The Morgan fingerprint density at radius 2 is 1.93 bits per heavy atom. The fourth-order valence-corrected chi connectivity index (χ4v) is 2.37. The number of benzene rings is 2. The molecule has 0 unspecified atom stereocenters. The van der Waals surface area contributed by atoms with Gasteiger partial charge in [-0.1, -0.05) is 26.0 Å². The van der Waals surface area contributed by atoms with Gasteiger partial charge in [0.1, 0.15) is 17.6 Å². The summed E-state index contributed by atoms with van der Waals surface area (Å²) in [6.45, 7) is 4.75. The van der Waals surface area contributed by atoms with Crippen LogP contribution in [-0.4, -0.2) is 18.7 Å². The van der Waals surface area contributed by atoms with Gasteiger partial charge in [0.15, 0.2) is 0 Å². The highest BCUT2D eigenvalue weighted by Crippen LogP contribution is 2.13. The number of fused-ring (bicyclic) bond motifs is 1. The highest BCUT2D eigenvalue weighted by Gasteiger charge is 2.06. The summed E-state index contributed by atoms with van der Waals surface area (Å²) in [6, 6.07) is 13.7. The molecule has 0 bridgehead atoms. The van der Waals surface area contributed by atoms with Crippen LogP contribution in [0.5, 0.6) is 5.75 Å². The lowest BCUT2D eigenvalue weighted by Gasteiger charge is -2.08. The van der Waals surface area contributed by atoms with Crippen molar-refractivity contribution >= 4 is 23.1 Å². The topological polar surface area (TPSA) is 80.9 Å². The zero-order chi connectivity index (χ0) is 19.2. The first-order chi connectivity index (χ1) is 13.0. The van der Waals surface area contributed by atoms with Gasteiger partial charge in [0.05, 0.1) is 23.8 Å². The minimum Gasteiger partial charge on any atom is -0.493 e. The number of amides is 1. The van der Waals surface area contributed by atoms with Crippen LogP contribution < -0.4 is 15.6 Å². The number of hydrogen-bond donors (Lipinski definition) is 1. The van der Waals surface area contributed by atoms with Crippen LogP contribution in [-0.2, 0) is 0 Å². The lowest BCUT2D eigenvalue weighted by molar-refractivity contribution is 0.0955. The molecule has 0 fully saturated rings. The number of hydrazone groups is 1. The van der Waals surface area contributed by atoms with E-state index in [1.807, 2.05) is 0 Å². The van der Waals surface area contributed by atoms with Gasteiger partial charge in [-0.2, -0.15) is 5.10 Å². The summed E-state index contributed by atoms with van der Waals surface area (Å²) in [4.78, 5) is 24.5. The highest BCUT2D eigenvalue weighted by atomic mass is 16.5. The van der Waals surface area contributed by atoms with Gasteiger partial charge in [-0.05, 0) is 42.3 Å². The summed E-state index contributed by atoms with van der Waals surface area (Å²) in [5.41, 5.74) is 3.39. The van der Waals surface area contributed by atoms with Gasteiger partial charge < -0.3 is 9.15 Å². The molecule has 3 rings (SSSR count). The van der Waals surface area contributed by atoms with Crippen LogP contribution in [0.3, 0.4) is 0 Å². The predicted octanol–water partition coefficient (Wildman–Crippen LogP) is 3.59. The van der Waals surface area contributed by atoms with E-state index in [2.05, 4.69) is 24.4 Å². The molecule has 0 radical (unpaired) electrons. The molecule has 0 spiro atoms. The third kappa shape index (κ3) is 4.61. The summed E-state index contributed by atoms with van der Waals surface area (Å²) in [7, 11) is 0. The Labute approximate surface area is 156 Å². The molecule has 1 aromatic heterocycles. The molecule has 1 amide bonds. The maximum absolute atomic E-state index is 12.3. The summed E-state index contributed by atoms with van der Waals surface area (Å²) in [5, 5.41) is 4.31. The van der Waals surface area contributed by atoms with E-state index >= 15 is 0 Å². The van der Waals surface area contributed by atoms with Crippen molar-refractivity contribution in [2.45, 2.75) is 13.8 Å². The van der Waals surface area contributed by atoms with Crippen LogP contribution in [0, 0.1) is 5.92 Å². The van der Waals surface area contributed by atoms with Crippen molar-refractivity contribution in [3.8, 4) is 5.75 Å². The van der Waals surface area contributed by atoms with Gasteiger partial charge in [-0.25, -0.2) is 5.43 Å². The second-order valence-corrected chi connectivity index (χ2v) is 6.44. The summed E-state index contributed by atoms with van der Waals surface area (Å²) in [5.74, 6) is 0.749. The minimum atomic E-state index is -0.383. The van der Waals surface area contributed by atoms with Crippen LogP contribution in [0.2, 0.25) is 0 Å². The molecule has 1 heterocycles. The SMILES string of the molecule is CC(C)COc1ccc(C(=O)N/N=C\c2coc3ccccc3c2=O)cc1. The van der Waals surface area contributed by atoms with Crippen molar-refractivity contribution in [1.29, 1.82) is 0 Å². The summed E-state index contributed by atoms with van der Waals surface area (Å²) < 4.78 is 11.0. The number of ether oxygens (including phenoxy) is 1. The molecule has 6 nitrogen and oxygen atoms in total. The number of rotatable bonds is 6. The molecule has 1 N–H and O–H groups in total. The van der Waals surface area contributed by atoms with E-state index < -0.39 is 0 Å². The molecule has 27 heavy (non-hydrogen) atoms. The van der Waals surface area contributed by atoms with Crippen LogP contribution >= 0.6 is 0 Å². The van der Waals surface area contributed by atoms with E-state index in [4.69, 9.17) is 9.15 Å². The maximum Gasteiger partial charge on any atom is 0.271 e.